The minimum absolute atomic E-state index is 0.161. The molecule has 0 saturated heterocycles. The highest BCUT2D eigenvalue weighted by atomic mass is 19.1. The molecule has 1 heterocycles. The number of rotatable bonds is 3. The Bertz CT molecular complexity index is 939. The van der Waals surface area contributed by atoms with Crippen molar-refractivity contribution in [3.05, 3.63) is 101 Å². The summed E-state index contributed by atoms with van der Waals surface area (Å²) in [5.41, 5.74) is 1.76. The van der Waals surface area contributed by atoms with Crippen molar-refractivity contribution in [2.45, 2.75) is 12.7 Å². The third-order valence-electron chi connectivity index (χ3n) is 4.49. The molecule has 1 amide bonds. The number of carbonyl (C=O) groups is 1. The van der Waals surface area contributed by atoms with Crippen LogP contribution in [0.4, 0.5) is 14.5 Å². The van der Waals surface area contributed by atoms with E-state index in [2.05, 4.69) is 5.32 Å². The molecule has 0 spiro atoms. The fourth-order valence-corrected chi connectivity index (χ4v) is 3.24. The van der Waals surface area contributed by atoms with Crippen molar-refractivity contribution in [1.82, 2.24) is 4.90 Å². The molecular formula is C21H16F2N2O. The smallest absolute Gasteiger partial charge is 0.258 e. The number of nitrogens with one attached hydrogen (secondary N) is 1. The van der Waals surface area contributed by atoms with Gasteiger partial charge in [-0.15, -0.1) is 0 Å². The second kappa shape index (κ2) is 6.59. The zero-order chi connectivity index (χ0) is 18.1. The van der Waals surface area contributed by atoms with Gasteiger partial charge in [0.05, 0.1) is 11.1 Å². The zero-order valence-electron chi connectivity index (χ0n) is 13.8. The van der Waals surface area contributed by atoms with Crippen LogP contribution in [0.5, 0.6) is 0 Å². The van der Waals surface area contributed by atoms with Crippen molar-refractivity contribution in [1.29, 1.82) is 0 Å². The first-order chi connectivity index (χ1) is 12.6. The van der Waals surface area contributed by atoms with Gasteiger partial charge in [-0.25, -0.2) is 8.78 Å². The number of carbonyl (C=O) groups excluding carboxylic acids is 1. The summed E-state index contributed by atoms with van der Waals surface area (Å²) in [7, 11) is 0. The summed E-state index contributed by atoms with van der Waals surface area (Å²) in [6, 6.07) is 20.1. The Morgan fingerprint density at radius 3 is 2.23 bits per heavy atom. The van der Waals surface area contributed by atoms with Gasteiger partial charge in [-0.05, 0) is 29.8 Å². The van der Waals surface area contributed by atoms with Gasteiger partial charge >= 0.3 is 0 Å². The molecule has 0 bridgehead atoms. The molecule has 3 aromatic carbocycles. The van der Waals surface area contributed by atoms with Gasteiger partial charge in [0, 0.05) is 12.2 Å². The number of fused-ring (bicyclic) bond motifs is 1. The minimum atomic E-state index is -0.932. The minimum Gasteiger partial charge on any atom is -0.361 e. The van der Waals surface area contributed by atoms with Crippen LogP contribution in [-0.2, 0) is 6.54 Å². The number of benzene rings is 3. The normalized spacial score (nSPS) is 16.2. The van der Waals surface area contributed by atoms with Crippen LogP contribution in [0.1, 0.15) is 27.7 Å². The lowest BCUT2D eigenvalue weighted by Gasteiger charge is -2.38. The number of hydrogen-bond donors (Lipinski definition) is 1. The fraction of sp³-hybridized carbons (Fsp3) is 0.0952. The first kappa shape index (κ1) is 16.3. The SMILES string of the molecule is O=C1c2ccccc2N[C@H](c2c(F)cccc2F)N1Cc1ccccc1. The molecule has 0 radical (unpaired) electrons. The van der Waals surface area contributed by atoms with E-state index in [0.29, 0.717) is 11.3 Å². The standard InChI is InChI=1S/C21H16F2N2O/c22-16-10-6-11-17(23)19(16)20-24-18-12-5-4-9-15(18)21(26)25(20)13-14-7-2-1-3-8-14/h1-12,20,24H,13H2/t20-/m0/s1. The van der Waals surface area contributed by atoms with Gasteiger partial charge in [0.2, 0.25) is 0 Å². The van der Waals surface area contributed by atoms with Crippen molar-refractivity contribution in [3.63, 3.8) is 0 Å². The summed E-state index contributed by atoms with van der Waals surface area (Å²) in [5, 5.41) is 3.12. The molecule has 4 rings (SSSR count). The van der Waals surface area contributed by atoms with Crippen molar-refractivity contribution in [2.24, 2.45) is 0 Å². The Morgan fingerprint density at radius 1 is 0.846 bits per heavy atom. The molecular weight excluding hydrogens is 334 g/mol. The number of amides is 1. The molecule has 0 aromatic heterocycles. The lowest BCUT2D eigenvalue weighted by Crippen LogP contribution is -2.43. The van der Waals surface area contributed by atoms with Crippen LogP contribution in [0.25, 0.3) is 0 Å². The Labute approximate surface area is 149 Å². The quantitative estimate of drug-likeness (QED) is 0.740. The molecule has 5 heteroatoms. The predicted octanol–water partition coefficient (Wildman–Crippen LogP) is 4.73. The van der Waals surface area contributed by atoms with E-state index >= 15 is 0 Å². The predicted molar refractivity (Wildman–Crippen MR) is 95.5 cm³/mol. The molecule has 3 nitrogen and oxygen atoms in total. The molecule has 0 aliphatic carbocycles. The van der Waals surface area contributed by atoms with Gasteiger partial charge in [-0.3, -0.25) is 4.79 Å². The molecule has 3 aromatic rings. The van der Waals surface area contributed by atoms with E-state index in [1.165, 1.54) is 23.1 Å². The van der Waals surface area contributed by atoms with Crippen molar-refractivity contribution < 1.29 is 13.6 Å². The maximum atomic E-state index is 14.4. The summed E-state index contributed by atoms with van der Waals surface area (Å²) in [6.45, 7) is 0.236. The first-order valence-electron chi connectivity index (χ1n) is 8.29. The summed E-state index contributed by atoms with van der Waals surface area (Å²) < 4.78 is 28.9. The van der Waals surface area contributed by atoms with Crippen LogP contribution in [0.15, 0.2) is 72.8 Å². The lowest BCUT2D eigenvalue weighted by atomic mass is 10.0. The molecule has 1 aliphatic rings. The van der Waals surface area contributed by atoms with Gasteiger partial charge in [-0.2, -0.15) is 0 Å². The van der Waals surface area contributed by atoms with Crippen molar-refractivity contribution in [2.75, 3.05) is 5.32 Å². The third kappa shape index (κ3) is 2.81. The van der Waals surface area contributed by atoms with Crippen LogP contribution < -0.4 is 5.32 Å². The Kier molecular flexibility index (Phi) is 4.13. The summed E-state index contributed by atoms with van der Waals surface area (Å²) in [5.74, 6) is -1.64. The molecule has 1 atom stereocenters. The van der Waals surface area contributed by atoms with E-state index in [1.54, 1.807) is 24.3 Å². The topological polar surface area (TPSA) is 32.3 Å². The van der Waals surface area contributed by atoms with Crippen molar-refractivity contribution >= 4 is 11.6 Å². The Balaban J connectivity index is 1.82. The van der Waals surface area contributed by atoms with E-state index in [0.717, 1.165) is 5.56 Å². The number of hydrogen-bond acceptors (Lipinski definition) is 2. The largest absolute Gasteiger partial charge is 0.361 e. The van der Waals surface area contributed by atoms with Gasteiger partial charge in [0.25, 0.3) is 5.91 Å². The number of nitrogens with zero attached hydrogens (tertiary/aromatic N) is 1. The maximum absolute atomic E-state index is 14.4. The fourth-order valence-electron chi connectivity index (χ4n) is 3.24. The maximum Gasteiger partial charge on any atom is 0.258 e. The van der Waals surface area contributed by atoms with Crippen LogP contribution >= 0.6 is 0 Å². The first-order valence-corrected chi connectivity index (χ1v) is 8.29. The molecule has 0 unspecified atom stereocenters. The van der Waals surface area contributed by atoms with Gasteiger partial charge in [-0.1, -0.05) is 48.5 Å². The van der Waals surface area contributed by atoms with E-state index in [9.17, 15) is 13.6 Å². The van der Waals surface area contributed by atoms with E-state index in [1.807, 2.05) is 30.3 Å². The molecule has 1 N–H and O–H groups in total. The zero-order valence-corrected chi connectivity index (χ0v) is 13.8. The molecule has 130 valence electrons. The second-order valence-corrected chi connectivity index (χ2v) is 6.15. The third-order valence-corrected chi connectivity index (χ3v) is 4.49. The van der Waals surface area contributed by atoms with Crippen molar-refractivity contribution in [3.8, 4) is 0 Å². The molecule has 26 heavy (non-hydrogen) atoms. The van der Waals surface area contributed by atoms with Gasteiger partial charge in [0.15, 0.2) is 0 Å². The van der Waals surface area contributed by atoms with Crippen LogP contribution in [0, 0.1) is 11.6 Å². The van der Waals surface area contributed by atoms with Gasteiger partial charge < -0.3 is 10.2 Å². The van der Waals surface area contributed by atoms with Gasteiger partial charge in [0.1, 0.15) is 17.8 Å². The molecule has 0 fully saturated rings. The lowest BCUT2D eigenvalue weighted by molar-refractivity contribution is 0.0660. The summed E-state index contributed by atoms with van der Waals surface area (Å²) in [6.07, 6.45) is -0.932. The highest BCUT2D eigenvalue weighted by Gasteiger charge is 2.35. The molecule has 0 saturated carbocycles. The molecule has 1 aliphatic heterocycles. The average Bonchev–Trinajstić information content (AvgIpc) is 2.65. The van der Waals surface area contributed by atoms with Crippen LogP contribution in [-0.4, -0.2) is 10.8 Å². The highest BCUT2D eigenvalue weighted by Crippen LogP contribution is 2.36. The Hall–Kier alpha value is -3.21. The van der Waals surface area contributed by atoms with Crippen LogP contribution in [0.3, 0.4) is 0 Å². The number of anilines is 1. The second-order valence-electron chi connectivity index (χ2n) is 6.15. The number of halogens is 2. The van der Waals surface area contributed by atoms with E-state index < -0.39 is 17.8 Å². The highest BCUT2D eigenvalue weighted by molar-refractivity contribution is 6.01. The monoisotopic (exact) mass is 350 g/mol. The van der Waals surface area contributed by atoms with Crippen LogP contribution in [0.2, 0.25) is 0 Å². The summed E-state index contributed by atoms with van der Waals surface area (Å²) >= 11 is 0. The number of para-hydroxylation sites is 1. The summed E-state index contributed by atoms with van der Waals surface area (Å²) in [4.78, 5) is 14.5. The Morgan fingerprint density at radius 2 is 1.50 bits per heavy atom. The van der Waals surface area contributed by atoms with E-state index in [-0.39, 0.29) is 18.0 Å². The average molecular weight is 350 g/mol. The van der Waals surface area contributed by atoms with E-state index in [4.69, 9.17) is 0 Å².